The van der Waals surface area contributed by atoms with E-state index in [9.17, 15) is 9.59 Å². The number of nitrogens with zero attached hydrogens (tertiary/aromatic N) is 2. The summed E-state index contributed by atoms with van der Waals surface area (Å²) in [5.41, 5.74) is 5.13. The van der Waals surface area contributed by atoms with Crippen molar-refractivity contribution in [1.82, 2.24) is 4.57 Å². The van der Waals surface area contributed by atoms with E-state index in [0.29, 0.717) is 44.6 Å². The molecule has 0 saturated carbocycles. The van der Waals surface area contributed by atoms with Gasteiger partial charge in [0, 0.05) is 5.56 Å². The average Bonchev–Trinajstić information content (AvgIpc) is 3.41. The first-order chi connectivity index (χ1) is 22.9. The van der Waals surface area contributed by atoms with Crippen molar-refractivity contribution in [3.63, 3.8) is 0 Å². The molecule has 0 N–H and O–H groups in total. The van der Waals surface area contributed by atoms with Gasteiger partial charge in [0.1, 0.15) is 6.61 Å². The zero-order valence-electron chi connectivity index (χ0n) is 26.8. The SMILES string of the molecule is CCOC(=O)C1=C(c2ccccc2)N=c2s/c(=C\c3ccc(OCc4ccccc4)c(OC)c3)c(=O)n2[C@@H]1c1ccc(C(C)C)cc1. The molecule has 0 spiro atoms. The van der Waals surface area contributed by atoms with Crippen LogP contribution in [0.5, 0.6) is 11.5 Å². The minimum absolute atomic E-state index is 0.195. The lowest BCUT2D eigenvalue weighted by Crippen LogP contribution is -2.40. The van der Waals surface area contributed by atoms with E-state index in [1.165, 1.54) is 11.3 Å². The standard InChI is InChI=1S/C39H36N2O5S/c1-5-45-38(43)34-35(29-14-10-7-11-15-29)40-39-41(36(34)30-19-17-28(18-20-30)25(2)3)37(42)33(47-39)23-27-16-21-31(32(22-27)44-4)46-24-26-12-8-6-9-13-26/h6-23,25,36H,5,24H2,1-4H3/b33-23-/t36-/m1/s1. The van der Waals surface area contributed by atoms with Gasteiger partial charge in [-0.3, -0.25) is 9.36 Å². The predicted octanol–water partition coefficient (Wildman–Crippen LogP) is 6.65. The number of carbonyl (C=O) groups is 1. The Morgan fingerprint density at radius 1 is 0.936 bits per heavy atom. The molecule has 238 valence electrons. The maximum Gasteiger partial charge on any atom is 0.338 e. The molecule has 6 rings (SSSR count). The lowest BCUT2D eigenvalue weighted by atomic mass is 9.91. The smallest absolute Gasteiger partial charge is 0.338 e. The van der Waals surface area contributed by atoms with E-state index >= 15 is 0 Å². The van der Waals surface area contributed by atoms with Crippen LogP contribution in [0.3, 0.4) is 0 Å². The zero-order valence-corrected chi connectivity index (χ0v) is 27.6. The largest absolute Gasteiger partial charge is 0.493 e. The Balaban J connectivity index is 1.48. The van der Waals surface area contributed by atoms with E-state index in [1.54, 1.807) is 18.6 Å². The fraction of sp³-hybridized carbons (Fsp3) is 0.205. The van der Waals surface area contributed by atoms with Crippen LogP contribution in [-0.2, 0) is 16.1 Å². The van der Waals surface area contributed by atoms with E-state index in [4.69, 9.17) is 19.2 Å². The maximum absolute atomic E-state index is 14.3. The third kappa shape index (κ3) is 6.69. The van der Waals surface area contributed by atoms with Gasteiger partial charge in [-0.1, -0.05) is 116 Å². The van der Waals surface area contributed by atoms with Crippen molar-refractivity contribution in [2.75, 3.05) is 13.7 Å². The summed E-state index contributed by atoms with van der Waals surface area (Å²) in [4.78, 5) is 33.4. The molecule has 47 heavy (non-hydrogen) atoms. The van der Waals surface area contributed by atoms with Gasteiger partial charge in [0.05, 0.1) is 35.6 Å². The number of hydrogen-bond donors (Lipinski definition) is 0. The number of hydrogen-bond acceptors (Lipinski definition) is 7. The van der Waals surface area contributed by atoms with Gasteiger partial charge in [-0.05, 0) is 53.3 Å². The molecule has 2 heterocycles. The van der Waals surface area contributed by atoms with Gasteiger partial charge >= 0.3 is 5.97 Å². The average molecular weight is 645 g/mol. The summed E-state index contributed by atoms with van der Waals surface area (Å²) in [5.74, 6) is 0.990. The summed E-state index contributed by atoms with van der Waals surface area (Å²) in [6.07, 6.45) is 1.82. The number of esters is 1. The Morgan fingerprint density at radius 3 is 2.30 bits per heavy atom. The Hall–Kier alpha value is -5.21. The van der Waals surface area contributed by atoms with E-state index in [-0.39, 0.29) is 12.2 Å². The van der Waals surface area contributed by atoms with Crippen LogP contribution in [0.15, 0.2) is 118 Å². The minimum atomic E-state index is -0.729. The highest BCUT2D eigenvalue weighted by molar-refractivity contribution is 7.07. The molecule has 0 radical (unpaired) electrons. The molecule has 5 aromatic rings. The topological polar surface area (TPSA) is 79.1 Å². The second-order valence-electron chi connectivity index (χ2n) is 11.4. The Bertz CT molecular complexity index is 2100. The van der Waals surface area contributed by atoms with Gasteiger partial charge in [-0.15, -0.1) is 0 Å². The number of fused-ring (bicyclic) bond motifs is 1. The molecule has 0 saturated heterocycles. The van der Waals surface area contributed by atoms with Crippen LogP contribution >= 0.6 is 11.3 Å². The molecule has 1 aromatic heterocycles. The van der Waals surface area contributed by atoms with Crippen molar-refractivity contribution >= 4 is 29.1 Å². The molecule has 0 unspecified atom stereocenters. The van der Waals surface area contributed by atoms with Gasteiger partial charge in [-0.25, -0.2) is 9.79 Å². The number of aromatic nitrogens is 1. The van der Waals surface area contributed by atoms with Gasteiger partial charge in [0.25, 0.3) is 5.56 Å². The van der Waals surface area contributed by atoms with Crippen LogP contribution in [0.4, 0.5) is 0 Å². The number of carbonyl (C=O) groups excluding carboxylic acids is 1. The first-order valence-corrected chi connectivity index (χ1v) is 16.4. The van der Waals surface area contributed by atoms with Crippen LogP contribution in [0.2, 0.25) is 0 Å². The zero-order chi connectivity index (χ0) is 32.9. The Kier molecular flexibility index (Phi) is 9.50. The summed E-state index contributed by atoms with van der Waals surface area (Å²) in [5, 5.41) is 0. The van der Waals surface area contributed by atoms with E-state index in [1.807, 2.05) is 97.1 Å². The third-order valence-electron chi connectivity index (χ3n) is 8.02. The monoisotopic (exact) mass is 644 g/mol. The molecule has 7 nitrogen and oxygen atoms in total. The Morgan fingerprint density at radius 2 is 1.64 bits per heavy atom. The number of ether oxygens (including phenoxy) is 3. The summed E-state index contributed by atoms with van der Waals surface area (Å²) in [7, 11) is 1.59. The normalized spacial score (nSPS) is 14.5. The van der Waals surface area contributed by atoms with Gasteiger partial charge in [0.2, 0.25) is 0 Å². The predicted molar refractivity (Wildman–Crippen MR) is 185 cm³/mol. The van der Waals surface area contributed by atoms with Crippen LogP contribution in [0.25, 0.3) is 11.8 Å². The summed E-state index contributed by atoms with van der Waals surface area (Å²) in [6, 6.07) is 32.4. The highest BCUT2D eigenvalue weighted by Gasteiger charge is 2.35. The molecule has 1 aliphatic rings. The second-order valence-corrected chi connectivity index (χ2v) is 12.4. The first kappa shape index (κ1) is 31.8. The molecule has 4 aromatic carbocycles. The molecular formula is C39H36N2O5S. The van der Waals surface area contributed by atoms with Crippen molar-refractivity contribution in [3.05, 3.63) is 156 Å². The highest BCUT2D eigenvalue weighted by atomic mass is 32.1. The van der Waals surface area contributed by atoms with Crippen molar-refractivity contribution in [2.24, 2.45) is 4.99 Å². The van der Waals surface area contributed by atoms with Gasteiger partial charge < -0.3 is 14.2 Å². The van der Waals surface area contributed by atoms with Crippen LogP contribution in [0, 0.1) is 0 Å². The fourth-order valence-corrected chi connectivity index (χ4v) is 6.60. The van der Waals surface area contributed by atoms with Crippen LogP contribution < -0.4 is 24.4 Å². The maximum atomic E-state index is 14.3. The molecule has 8 heteroatoms. The summed E-state index contributed by atoms with van der Waals surface area (Å²) >= 11 is 1.28. The van der Waals surface area contributed by atoms with E-state index in [0.717, 1.165) is 27.8 Å². The highest BCUT2D eigenvalue weighted by Crippen LogP contribution is 2.36. The number of thiazole rings is 1. The lowest BCUT2D eigenvalue weighted by molar-refractivity contribution is -0.138. The summed E-state index contributed by atoms with van der Waals surface area (Å²) < 4.78 is 19.4. The molecule has 0 fully saturated rings. The molecule has 1 aliphatic heterocycles. The van der Waals surface area contributed by atoms with E-state index in [2.05, 4.69) is 26.0 Å². The van der Waals surface area contributed by atoms with E-state index < -0.39 is 12.0 Å². The molecule has 0 amide bonds. The number of rotatable bonds is 10. The summed E-state index contributed by atoms with van der Waals surface area (Å²) in [6.45, 7) is 6.63. The van der Waals surface area contributed by atoms with Crippen molar-refractivity contribution in [3.8, 4) is 11.5 Å². The number of benzene rings is 4. The molecular weight excluding hydrogens is 609 g/mol. The third-order valence-corrected chi connectivity index (χ3v) is 9.00. The quantitative estimate of drug-likeness (QED) is 0.159. The molecule has 1 atom stereocenters. The van der Waals surface area contributed by atoms with Gasteiger partial charge in [0.15, 0.2) is 16.3 Å². The number of methoxy groups -OCH3 is 1. The Labute approximate surface area is 277 Å². The molecule has 0 aliphatic carbocycles. The van der Waals surface area contributed by atoms with Crippen LogP contribution in [0.1, 0.15) is 60.5 Å². The second kappa shape index (κ2) is 14.1. The van der Waals surface area contributed by atoms with Crippen molar-refractivity contribution in [2.45, 2.75) is 39.3 Å². The molecule has 0 bridgehead atoms. The van der Waals surface area contributed by atoms with Crippen molar-refractivity contribution < 1.29 is 19.0 Å². The fourth-order valence-electron chi connectivity index (χ4n) is 5.60. The van der Waals surface area contributed by atoms with Gasteiger partial charge in [-0.2, -0.15) is 0 Å². The minimum Gasteiger partial charge on any atom is -0.493 e. The lowest BCUT2D eigenvalue weighted by Gasteiger charge is -2.26. The van der Waals surface area contributed by atoms with Crippen molar-refractivity contribution in [1.29, 1.82) is 0 Å². The first-order valence-electron chi connectivity index (χ1n) is 15.6. The van der Waals surface area contributed by atoms with Crippen LogP contribution in [-0.4, -0.2) is 24.3 Å².